The lowest BCUT2D eigenvalue weighted by Crippen LogP contribution is -2.33. The van der Waals surface area contributed by atoms with E-state index in [1.807, 2.05) is 6.92 Å². The average Bonchev–Trinajstić information content (AvgIpc) is 2.23. The quantitative estimate of drug-likeness (QED) is 0.335. The average molecular weight is 233 g/mol. The van der Waals surface area contributed by atoms with Gasteiger partial charge in [-0.1, -0.05) is 19.8 Å². The first-order chi connectivity index (χ1) is 7.49. The van der Waals surface area contributed by atoms with E-state index in [0.717, 1.165) is 19.3 Å². The Morgan fingerprint density at radius 1 is 1.31 bits per heavy atom. The molecule has 0 saturated heterocycles. The summed E-state index contributed by atoms with van der Waals surface area (Å²) in [6.07, 6.45) is 3.18. The smallest absolute Gasteiger partial charge is 0.427 e. The van der Waals surface area contributed by atoms with Crippen molar-refractivity contribution in [3.8, 4) is 0 Å². The van der Waals surface area contributed by atoms with Gasteiger partial charge in [-0.05, 0) is 19.2 Å². The summed E-state index contributed by atoms with van der Waals surface area (Å²) >= 11 is 0. The highest BCUT2D eigenvalue weighted by atomic mass is 16.4. The number of nitrogens with two attached hydrogens (primary N) is 1. The fourth-order valence-corrected chi connectivity index (χ4v) is 1.20. The Morgan fingerprint density at radius 2 is 1.81 bits per heavy atom. The molecule has 94 valence electrons. The van der Waals surface area contributed by atoms with Gasteiger partial charge in [0.15, 0.2) is 0 Å². The van der Waals surface area contributed by atoms with Crippen molar-refractivity contribution in [3.63, 3.8) is 0 Å². The molecule has 16 heavy (non-hydrogen) atoms. The van der Waals surface area contributed by atoms with Gasteiger partial charge in [-0.25, -0.2) is 0 Å². The van der Waals surface area contributed by atoms with Crippen molar-refractivity contribution < 1.29 is 24.7 Å². The predicted molar refractivity (Wildman–Crippen MR) is 58.1 cm³/mol. The molecule has 0 bridgehead atoms. The summed E-state index contributed by atoms with van der Waals surface area (Å²) < 4.78 is 0. The molecule has 0 aromatic heterocycles. The molecule has 0 amide bonds. The van der Waals surface area contributed by atoms with Gasteiger partial charge in [-0.2, -0.15) is 9.59 Å². The fourth-order valence-electron chi connectivity index (χ4n) is 1.20. The van der Waals surface area contributed by atoms with E-state index in [4.69, 9.17) is 25.4 Å². The van der Waals surface area contributed by atoms with E-state index in [0.29, 0.717) is 12.7 Å². The van der Waals surface area contributed by atoms with Crippen molar-refractivity contribution in [2.24, 2.45) is 5.73 Å². The molecule has 6 nitrogen and oxygen atoms in total. The second-order valence-electron chi connectivity index (χ2n) is 3.49. The van der Waals surface area contributed by atoms with Gasteiger partial charge in [0.1, 0.15) is 0 Å². The van der Waals surface area contributed by atoms with Crippen LogP contribution in [0.3, 0.4) is 0 Å². The van der Waals surface area contributed by atoms with Crippen LogP contribution < -0.4 is 5.73 Å². The number of aliphatic hydroxyl groups is 1. The minimum atomic E-state index is -1.22. The lowest BCUT2D eigenvalue weighted by Gasteiger charge is -2.16. The standard InChI is InChI=1S/C8H20BNO3.CO2/c1-2-8(11)7(10)5-3-4-6-9(12)13;2-1-3/h7-8,11-13H,2-6,10H2,1H3;. The van der Waals surface area contributed by atoms with Crippen LogP contribution in [0.5, 0.6) is 0 Å². The highest BCUT2D eigenvalue weighted by Crippen LogP contribution is 2.07. The maximum absolute atomic E-state index is 9.31. The molecule has 0 fully saturated rings. The van der Waals surface area contributed by atoms with Crippen LogP contribution in [-0.4, -0.2) is 40.6 Å². The lowest BCUT2D eigenvalue weighted by atomic mass is 9.83. The Labute approximate surface area is 95.6 Å². The van der Waals surface area contributed by atoms with Crippen molar-refractivity contribution >= 4 is 13.3 Å². The number of hydrogen-bond acceptors (Lipinski definition) is 6. The first-order valence-corrected chi connectivity index (χ1v) is 5.28. The van der Waals surface area contributed by atoms with Crippen molar-refractivity contribution in [1.29, 1.82) is 0 Å². The molecule has 0 rings (SSSR count). The van der Waals surface area contributed by atoms with Crippen LogP contribution in [0.25, 0.3) is 0 Å². The monoisotopic (exact) mass is 233 g/mol. The van der Waals surface area contributed by atoms with Gasteiger partial charge in [-0.15, -0.1) is 0 Å². The Morgan fingerprint density at radius 3 is 2.19 bits per heavy atom. The Balaban J connectivity index is 0. The number of carbonyl (C=O) groups excluding carboxylic acids is 2. The van der Waals surface area contributed by atoms with Crippen LogP contribution in [0.2, 0.25) is 6.32 Å². The molecule has 0 aromatic carbocycles. The van der Waals surface area contributed by atoms with Crippen LogP contribution in [0.4, 0.5) is 0 Å². The molecular formula is C9H20BNO5. The van der Waals surface area contributed by atoms with Gasteiger partial charge >= 0.3 is 13.3 Å². The zero-order valence-corrected chi connectivity index (χ0v) is 9.50. The summed E-state index contributed by atoms with van der Waals surface area (Å²) in [5, 5.41) is 26.4. The van der Waals surface area contributed by atoms with Crippen LogP contribution in [0.15, 0.2) is 0 Å². The largest absolute Gasteiger partial charge is 0.451 e. The molecule has 0 aliphatic heterocycles. The van der Waals surface area contributed by atoms with Crippen LogP contribution in [-0.2, 0) is 9.59 Å². The second kappa shape index (κ2) is 12.4. The maximum Gasteiger partial charge on any atom is 0.451 e. The van der Waals surface area contributed by atoms with E-state index in [-0.39, 0.29) is 12.2 Å². The normalized spacial score (nSPS) is 13.1. The third-order valence-corrected chi connectivity index (χ3v) is 2.16. The number of rotatable bonds is 7. The van der Waals surface area contributed by atoms with Crippen molar-refractivity contribution in [3.05, 3.63) is 0 Å². The maximum atomic E-state index is 9.31. The molecule has 0 heterocycles. The zero-order valence-electron chi connectivity index (χ0n) is 9.50. The molecule has 2 atom stereocenters. The van der Waals surface area contributed by atoms with Crippen LogP contribution in [0, 0.1) is 0 Å². The first-order valence-electron chi connectivity index (χ1n) is 5.28. The van der Waals surface area contributed by atoms with Crippen molar-refractivity contribution in [1.82, 2.24) is 0 Å². The van der Waals surface area contributed by atoms with Gasteiger partial charge in [0, 0.05) is 6.04 Å². The second-order valence-corrected chi connectivity index (χ2v) is 3.49. The molecule has 0 radical (unpaired) electrons. The van der Waals surface area contributed by atoms with E-state index in [1.165, 1.54) is 0 Å². The van der Waals surface area contributed by atoms with Crippen molar-refractivity contribution in [2.75, 3.05) is 0 Å². The Hall–Kier alpha value is -0.715. The van der Waals surface area contributed by atoms with E-state index in [2.05, 4.69) is 0 Å². The number of hydrogen-bond donors (Lipinski definition) is 4. The molecular weight excluding hydrogens is 213 g/mol. The third-order valence-electron chi connectivity index (χ3n) is 2.16. The molecule has 0 aliphatic carbocycles. The van der Waals surface area contributed by atoms with Gasteiger partial charge in [-0.3, -0.25) is 0 Å². The molecule has 5 N–H and O–H groups in total. The first kappa shape index (κ1) is 17.7. The molecule has 0 aromatic rings. The van der Waals surface area contributed by atoms with E-state index >= 15 is 0 Å². The molecule has 0 aliphatic rings. The number of unbranched alkanes of at least 4 members (excludes halogenated alkanes) is 1. The highest BCUT2D eigenvalue weighted by molar-refractivity contribution is 6.40. The minimum absolute atomic E-state index is 0.180. The number of aliphatic hydroxyl groups excluding tert-OH is 1. The topological polar surface area (TPSA) is 121 Å². The highest BCUT2D eigenvalue weighted by Gasteiger charge is 2.12. The van der Waals surface area contributed by atoms with E-state index in [1.54, 1.807) is 0 Å². The van der Waals surface area contributed by atoms with Crippen LogP contribution in [0.1, 0.15) is 32.6 Å². The SMILES string of the molecule is CCC(O)C(N)CCCCB(O)O.O=C=O. The molecule has 0 spiro atoms. The minimum Gasteiger partial charge on any atom is -0.427 e. The van der Waals surface area contributed by atoms with Crippen molar-refractivity contribution in [2.45, 2.75) is 51.1 Å². The predicted octanol–water partition coefficient (Wildman–Crippen LogP) is -0.856. The Kier molecular flexibility index (Phi) is 13.6. The molecule has 2 unspecified atom stereocenters. The Bertz CT molecular complexity index is 185. The zero-order chi connectivity index (χ0) is 13.0. The summed E-state index contributed by atoms with van der Waals surface area (Å²) in [7, 11) is -1.22. The summed E-state index contributed by atoms with van der Waals surface area (Å²) in [4.78, 5) is 16.2. The third kappa shape index (κ3) is 13.3. The summed E-state index contributed by atoms with van der Waals surface area (Å²) in [5.41, 5.74) is 5.67. The van der Waals surface area contributed by atoms with Gasteiger partial charge < -0.3 is 20.9 Å². The van der Waals surface area contributed by atoms with Gasteiger partial charge in [0.2, 0.25) is 0 Å². The van der Waals surface area contributed by atoms with Crippen LogP contribution >= 0.6 is 0 Å². The van der Waals surface area contributed by atoms with Gasteiger partial charge in [0.25, 0.3) is 0 Å². The van der Waals surface area contributed by atoms with E-state index in [9.17, 15) is 5.11 Å². The van der Waals surface area contributed by atoms with E-state index < -0.39 is 13.2 Å². The summed E-state index contributed by atoms with van der Waals surface area (Å²) in [5.74, 6) is 0. The molecule has 7 heteroatoms. The summed E-state index contributed by atoms with van der Waals surface area (Å²) in [6, 6.07) is -0.180. The van der Waals surface area contributed by atoms with Gasteiger partial charge in [0.05, 0.1) is 6.10 Å². The fraction of sp³-hybridized carbons (Fsp3) is 0.889. The summed E-state index contributed by atoms with van der Waals surface area (Å²) in [6.45, 7) is 1.89. The lowest BCUT2D eigenvalue weighted by molar-refractivity contribution is -0.191. The molecule has 0 saturated carbocycles.